The summed E-state index contributed by atoms with van der Waals surface area (Å²) in [6.45, 7) is 2.57. The summed E-state index contributed by atoms with van der Waals surface area (Å²) in [6, 6.07) is 0. The zero-order chi connectivity index (χ0) is 7.23. The molecule has 1 aliphatic heterocycles. The van der Waals surface area contributed by atoms with Crippen LogP contribution in [0.5, 0.6) is 0 Å². The van der Waals surface area contributed by atoms with E-state index in [2.05, 4.69) is 4.31 Å². The zero-order valence-corrected chi connectivity index (χ0v) is 7.76. The fraction of sp³-hybridized carbons (Fsp3) is 1.00. The van der Waals surface area contributed by atoms with Gasteiger partial charge in [-0.05, 0) is 19.3 Å². The van der Waals surface area contributed by atoms with Crippen molar-refractivity contribution in [1.29, 1.82) is 0 Å². The average Bonchev–Trinajstić information content (AvgIpc) is 2.41. The molecule has 0 bridgehead atoms. The first-order chi connectivity index (χ1) is 4.93. The smallest absolute Gasteiger partial charge is 0.0231 e. The van der Waals surface area contributed by atoms with Crippen LogP contribution in [-0.2, 0) is 0 Å². The van der Waals surface area contributed by atoms with Crippen LogP contribution in [0, 0.1) is 0 Å². The van der Waals surface area contributed by atoms with E-state index >= 15 is 0 Å². The summed E-state index contributed by atoms with van der Waals surface area (Å²) in [6.07, 6.45) is 3.91. The van der Waals surface area contributed by atoms with Gasteiger partial charge in [0.2, 0.25) is 0 Å². The average molecular weight is 180 g/mol. The first-order valence-corrected chi connectivity index (χ1v) is 5.35. The predicted octanol–water partition coefficient (Wildman–Crippen LogP) is 2.36. The van der Waals surface area contributed by atoms with Crippen molar-refractivity contribution in [2.75, 3.05) is 24.7 Å². The quantitative estimate of drug-likeness (QED) is 0.371. The number of nitrogens with zero attached hydrogens (tertiary/aromatic N) is 1. The second-order valence-electron chi connectivity index (χ2n) is 2.51. The second-order valence-corrected chi connectivity index (χ2v) is 4.07. The fourth-order valence-corrected chi connectivity index (χ4v) is 2.41. The lowest BCUT2D eigenvalue weighted by Crippen LogP contribution is -2.09. The minimum atomic E-state index is 0.806. The van der Waals surface area contributed by atoms with Crippen LogP contribution in [0.4, 0.5) is 0 Å². The van der Waals surface area contributed by atoms with Crippen LogP contribution in [0.25, 0.3) is 0 Å². The van der Waals surface area contributed by atoms with Crippen LogP contribution in [0.3, 0.4) is 0 Å². The number of alkyl halides is 1. The molecule has 0 amide bonds. The van der Waals surface area contributed by atoms with E-state index in [4.69, 9.17) is 11.6 Å². The summed E-state index contributed by atoms with van der Waals surface area (Å²) in [5.74, 6) is 2.00. The van der Waals surface area contributed by atoms with Gasteiger partial charge in [-0.1, -0.05) is 11.9 Å². The van der Waals surface area contributed by atoms with Gasteiger partial charge in [0.25, 0.3) is 0 Å². The van der Waals surface area contributed by atoms with Gasteiger partial charge in [-0.3, -0.25) is 4.31 Å². The van der Waals surface area contributed by atoms with Gasteiger partial charge in [-0.15, -0.1) is 11.6 Å². The highest BCUT2D eigenvalue weighted by molar-refractivity contribution is 7.97. The Kier molecular flexibility index (Phi) is 4.59. The van der Waals surface area contributed by atoms with Crippen molar-refractivity contribution in [2.45, 2.75) is 19.3 Å². The third-order valence-electron chi connectivity index (χ3n) is 1.62. The molecule has 0 N–H and O–H groups in total. The SMILES string of the molecule is ClCCCSN1CCCC1. The molecule has 0 spiro atoms. The van der Waals surface area contributed by atoms with E-state index in [1.807, 2.05) is 11.9 Å². The molecule has 0 aromatic rings. The van der Waals surface area contributed by atoms with Gasteiger partial charge in [0.1, 0.15) is 0 Å². The Morgan fingerprint density at radius 2 is 2.00 bits per heavy atom. The standard InChI is InChI=1S/C7H14ClNS/c8-4-3-7-10-9-5-1-2-6-9/h1-7H2. The number of hydrogen-bond donors (Lipinski definition) is 0. The van der Waals surface area contributed by atoms with Gasteiger partial charge in [0.15, 0.2) is 0 Å². The van der Waals surface area contributed by atoms with Gasteiger partial charge < -0.3 is 0 Å². The highest BCUT2D eigenvalue weighted by Gasteiger charge is 2.10. The van der Waals surface area contributed by atoms with Crippen molar-refractivity contribution < 1.29 is 0 Å². The van der Waals surface area contributed by atoms with Crippen LogP contribution in [0.2, 0.25) is 0 Å². The number of hydrogen-bond acceptors (Lipinski definition) is 2. The van der Waals surface area contributed by atoms with Crippen molar-refractivity contribution in [3.8, 4) is 0 Å². The third-order valence-corrected chi connectivity index (χ3v) is 3.09. The lowest BCUT2D eigenvalue weighted by Gasteiger charge is -2.11. The molecule has 10 heavy (non-hydrogen) atoms. The van der Waals surface area contributed by atoms with Crippen molar-refractivity contribution in [2.24, 2.45) is 0 Å². The normalized spacial score (nSPS) is 20.1. The zero-order valence-electron chi connectivity index (χ0n) is 6.18. The largest absolute Gasteiger partial charge is 0.251 e. The van der Waals surface area contributed by atoms with Crippen molar-refractivity contribution >= 4 is 23.5 Å². The van der Waals surface area contributed by atoms with Gasteiger partial charge in [-0.25, -0.2) is 0 Å². The molecule has 0 radical (unpaired) electrons. The van der Waals surface area contributed by atoms with E-state index in [1.54, 1.807) is 0 Å². The molecule has 1 rings (SSSR count). The molecule has 1 saturated heterocycles. The van der Waals surface area contributed by atoms with E-state index in [0.29, 0.717) is 0 Å². The summed E-state index contributed by atoms with van der Waals surface area (Å²) in [7, 11) is 0. The maximum atomic E-state index is 5.56. The molecule has 0 aromatic carbocycles. The first-order valence-electron chi connectivity index (χ1n) is 3.87. The minimum absolute atomic E-state index is 0.806. The fourth-order valence-electron chi connectivity index (χ4n) is 1.07. The minimum Gasteiger partial charge on any atom is -0.251 e. The summed E-state index contributed by atoms with van der Waals surface area (Å²) in [5.41, 5.74) is 0. The molecule has 60 valence electrons. The predicted molar refractivity (Wildman–Crippen MR) is 48.6 cm³/mol. The van der Waals surface area contributed by atoms with E-state index in [1.165, 1.54) is 31.7 Å². The number of halogens is 1. The Morgan fingerprint density at radius 1 is 1.30 bits per heavy atom. The molecule has 0 atom stereocenters. The van der Waals surface area contributed by atoms with Crippen LogP contribution in [0.15, 0.2) is 0 Å². The van der Waals surface area contributed by atoms with Crippen molar-refractivity contribution in [1.82, 2.24) is 4.31 Å². The number of rotatable bonds is 4. The van der Waals surface area contributed by atoms with Crippen LogP contribution in [0.1, 0.15) is 19.3 Å². The highest BCUT2D eigenvalue weighted by Crippen LogP contribution is 2.18. The Bertz CT molecular complexity index is 83.7. The molecule has 0 saturated carbocycles. The lowest BCUT2D eigenvalue weighted by atomic mass is 10.4. The lowest BCUT2D eigenvalue weighted by molar-refractivity contribution is 0.586. The summed E-state index contributed by atoms with van der Waals surface area (Å²) < 4.78 is 2.45. The molecule has 0 aromatic heterocycles. The molecular weight excluding hydrogens is 166 g/mol. The van der Waals surface area contributed by atoms with Gasteiger partial charge >= 0.3 is 0 Å². The van der Waals surface area contributed by atoms with E-state index in [9.17, 15) is 0 Å². The molecule has 3 heteroatoms. The third kappa shape index (κ3) is 3.13. The van der Waals surface area contributed by atoms with E-state index in [0.717, 1.165) is 12.3 Å². The molecule has 1 nitrogen and oxygen atoms in total. The van der Waals surface area contributed by atoms with Crippen LogP contribution < -0.4 is 0 Å². The maximum absolute atomic E-state index is 5.56. The Hall–Kier alpha value is 0.600. The van der Waals surface area contributed by atoms with Gasteiger partial charge in [0.05, 0.1) is 0 Å². The molecular formula is C7H14ClNS. The van der Waals surface area contributed by atoms with E-state index in [-0.39, 0.29) is 0 Å². The van der Waals surface area contributed by atoms with E-state index < -0.39 is 0 Å². The highest BCUT2D eigenvalue weighted by atomic mass is 35.5. The van der Waals surface area contributed by atoms with Crippen molar-refractivity contribution in [3.05, 3.63) is 0 Å². The Labute approximate surface area is 72.2 Å². The monoisotopic (exact) mass is 179 g/mol. The maximum Gasteiger partial charge on any atom is 0.0231 e. The summed E-state index contributed by atoms with van der Waals surface area (Å²) in [5, 5.41) is 0. The molecule has 0 aliphatic carbocycles. The summed E-state index contributed by atoms with van der Waals surface area (Å²) >= 11 is 7.51. The van der Waals surface area contributed by atoms with Gasteiger partial charge in [0, 0.05) is 24.7 Å². The molecule has 1 aliphatic rings. The topological polar surface area (TPSA) is 3.24 Å². The van der Waals surface area contributed by atoms with Crippen molar-refractivity contribution in [3.63, 3.8) is 0 Å². The Morgan fingerprint density at radius 3 is 2.60 bits per heavy atom. The molecule has 1 fully saturated rings. The molecule has 1 heterocycles. The second kappa shape index (κ2) is 5.28. The van der Waals surface area contributed by atoms with Crippen LogP contribution >= 0.6 is 23.5 Å². The molecule has 0 unspecified atom stereocenters. The van der Waals surface area contributed by atoms with Gasteiger partial charge in [-0.2, -0.15) is 0 Å². The first kappa shape index (κ1) is 8.69. The summed E-state index contributed by atoms with van der Waals surface area (Å²) in [4.78, 5) is 0. The Balaban J connectivity index is 1.91. The van der Waals surface area contributed by atoms with Crippen LogP contribution in [-0.4, -0.2) is 29.0 Å².